The summed E-state index contributed by atoms with van der Waals surface area (Å²) in [6.07, 6.45) is 0. The zero-order valence-electron chi connectivity index (χ0n) is 6.38. The molecule has 1 heterocycles. The maximum Gasteiger partial charge on any atom is 0.0460 e. The van der Waals surface area contributed by atoms with Crippen molar-refractivity contribution in [2.24, 2.45) is 0 Å². The van der Waals surface area contributed by atoms with Crippen LogP contribution in [0.15, 0.2) is 30.3 Å². The van der Waals surface area contributed by atoms with E-state index in [1.807, 2.05) is 6.07 Å². The summed E-state index contributed by atoms with van der Waals surface area (Å²) in [7, 11) is 0. The lowest BCUT2D eigenvalue weighted by molar-refractivity contribution is 0.677. The van der Waals surface area contributed by atoms with Gasteiger partial charge in [0.2, 0.25) is 0 Å². The molecule has 0 spiro atoms. The molecule has 1 aliphatic heterocycles. The van der Waals surface area contributed by atoms with Gasteiger partial charge in [0.05, 0.1) is 0 Å². The SMILES string of the molecule is c1ccc(C2CNCN2)cc1. The van der Waals surface area contributed by atoms with E-state index in [9.17, 15) is 0 Å². The maximum atomic E-state index is 3.36. The summed E-state index contributed by atoms with van der Waals surface area (Å²) in [5.41, 5.74) is 1.37. The lowest BCUT2D eigenvalue weighted by Crippen LogP contribution is -2.14. The molecule has 0 radical (unpaired) electrons. The first-order valence-corrected chi connectivity index (χ1v) is 3.96. The molecule has 11 heavy (non-hydrogen) atoms. The highest BCUT2D eigenvalue weighted by atomic mass is 15.2. The summed E-state index contributed by atoms with van der Waals surface area (Å²) in [4.78, 5) is 0. The molecule has 1 fully saturated rings. The van der Waals surface area contributed by atoms with E-state index < -0.39 is 0 Å². The maximum absolute atomic E-state index is 3.36. The minimum absolute atomic E-state index is 0.510. The summed E-state index contributed by atoms with van der Waals surface area (Å²) in [6, 6.07) is 11.0. The Kier molecular flexibility index (Phi) is 1.88. The monoisotopic (exact) mass is 148 g/mol. The van der Waals surface area contributed by atoms with Crippen LogP contribution >= 0.6 is 0 Å². The fourth-order valence-electron chi connectivity index (χ4n) is 1.41. The van der Waals surface area contributed by atoms with Crippen LogP contribution < -0.4 is 10.6 Å². The molecule has 2 nitrogen and oxygen atoms in total. The van der Waals surface area contributed by atoms with Crippen molar-refractivity contribution in [2.45, 2.75) is 6.04 Å². The molecule has 1 aliphatic rings. The highest BCUT2D eigenvalue weighted by Crippen LogP contribution is 2.12. The predicted molar refractivity (Wildman–Crippen MR) is 45.2 cm³/mol. The Morgan fingerprint density at radius 2 is 2.00 bits per heavy atom. The summed E-state index contributed by atoms with van der Waals surface area (Å²) >= 11 is 0. The van der Waals surface area contributed by atoms with Gasteiger partial charge in [-0.1, -0.05) is 30.3 Å². The molecule has 0 aliphatic carbocycles. The van der Waals surface area contributed by atoms with E-state index in [1.54, 1.807) is 0 Å². The molecule has 2 heteroatoms. The lowest BCUT2D eigenvalue weighted by Gasteiger charge is -2.07. The van der Waals surface area contributed by atoms with E-state index in [2.05, 4.69) is 34.9 Å². The van der Waals surface area contributed by atoms with Crippen molar-refractivity contribution in [3.05, 3.63) is 35.9 Å². The first-order valence-electron chi connectivity index (χ1n) is 3.96. The van der Waals surface area contributed by atoms with Gasteiger partial charge >= 0.3 is 0 Å². The standard InChI is InChI=1S/C9H12N2/c1-2-4-8(5-3-1)9-6-10-7-11-9/h1-5,9-11H,6-7H2. The van der Waals surface area contributed by atoms with Crippen molar-refractivity contribution in [3.8, 4) is 0 Å². The Hall–Kier alpha value is -0.860. The van der Waals surface area contributed by atoms with E-state index in [1.165, 1.54) is 5.56 Å². The topological polar surface area (TPSA) is 24.1 Å². The molecule has 1 aromatic carbocycles. The second-order valence-electron chi connectivity index (χ2n) is 2.80. The highest BCUT2D eigenvalue weighted by molar-refractivity contribution is 5.19. The zero-order chi connectivity index (χ0) is 7.52. The molecule has 1 aromatic rings. The Labute approximate surface area is 66.6 Å². The third-order valence-electron chi connectivity index (χ3n) is 2.02. The Morgan fingerprint density at radius 1 is 1.18 bits per heavy atom. The van der Waals surface area contributed by atoms with Crippen LogP contribution in [-0.4, -0.2) is 13.2 Å². The van der Waals surface area contributed by atoms with Gasteiger partial charge in [-0.05, 0) is 5.56 Å². The molecule has 0 aromatic heterocycles. The summed E-state index contributed by atoms with van der Waals surface area (Å²) in [5, 5.41) is 6.62. The minimum atomic E-state index is 0.510. The fourth-order valence-corrected chi connectivity index (χ4v) is 1.41. The summed E-state index contributed by atoms with van der Waals surface area (Å²) < 4.78 is 0. The number of nitrogens with one attached hydrogen (secondary N) is 2. The first-order chi connectivity index (χ1) is 5.47. The van der Waals surface area contributed by atoms with Crippen LogP contribution in [-0.2, 0) is 0 Å². The average molecular weight is 148 g/mol. The molecule has 0 saturated carbocycles. The van der Waals surface area contributed by atoms with Gasteiger partial charge < -0.3 is 5.32 Å². The van der Waals surface area contributed by atoms with Crippen LogP contribution in [0.4, 0.5) is 0 Å². The van der Waals surface area contributed by atoms with E-state index in [-0.39, 0.29) is 0 Å². The quantitative estimate of drug-likeness (QED) is 0.617. The van der Waals surface area contributed by atoms with Crippen molar-refractivity contribution >= 4 is 0 Å². The van der Waals surface area contributed by atoms with Gasteiger partial charge in [-0.2, -0.15) is 0 Å². The number of hydrogen-bond donors (Lipinski definition) is 2. The van der Waals surface area contributed by atoms with Gasteiger partial charge in [0, 0.05) is 19.3 Å². The van der Waals surface area contributed by atoms with Crippen molar-refractivity contribution in [2.75, 3.05) is 13.2 Å². The lowest BCUT2D eigenvalue weighted by atomic mass is 10.1. The van der Waals surface area contributed by atoms with Gasteiger partial charge in [0.15, 0.2) is 0 Å². The summed E-state index contributed by atoms with van der Waals surface area (Å²) in [6.45, 7) is 1.98. The summed E-state index contributed by atoms with van der Waals surface area (Å²) in [5.74, 6) is 0. The van der Waals surface area contributed by atoms with Crippen LogP contribution in [0.2, 0.25) is 0 Å². The Bertz CT molecular complexity index is 214. The molecule has 0 amide bonds. The number of hydrogen-bond acceptors (Lipinski definition) is 2. The molecule has 1 saturated heterocycles. The molecule has 2 N–H and O–H groups in total. The van der Waals surface area contributed by atoms with Gasteiger partial charge in [0.25, 0.3) is 0 Å². The second kappa shape index (κ2) is 3.03. The van der Waals surface area contributed by atoms with Crippen molar-refractivity contribution in [3.63, 3.8) is 0 Å². The van der Waals surface area contributed by atoms with Crippen LogP contribution in [0.1, 0.15) is 11.6 Å². The first kappa shape index (κ1) is 6.83. The van der Waals surface area contributed by atoms with E-state index in [0.29, 0.717) is 6.04 Å². The van der Waals surface area contributed by atoms with Gasteiger partial charge in [0.1, 0.15) is 0 Å². The van der Waals surface area contributed by atoms with Crippen molar-refractivity contribution in [1.29, 1.82) is 0 Å². The molecule has 1 atom stereocenters. The second-order valence-corrected chi connectivity index (χ2v) is 2.80. The molecule has 58 valence electrons. The highest BCUT2D eigenvalue weighted by Gasteiger charge is 2.13. The van der Waals surface area contributed by atoms with E-state index in [0.717, 1.165) is 13.2 Å². The van der Waals surface area contributed by atoms with Crippen LogP contribution in [0.25, 0.3) is 0 Å². The minimum Gasteiger partial charge on any atom is -0.303 e. The van der Waals surface area contributed by atoms with Crippen LogP contribution in [0.3, 0.4) is 0 Å². The molecular weight excluding hydrogens is 136 g/mol. The Morgan fingerprint density at radius 3 is 2.64 bits per heavy atom. The van der Waals surface area contributed by atoms with Crippen molar-refractivity contribution in [1.82, 2.24) is 10.6 Å². The van der Waals surface area contributed by atoms with E-state index >= 15 is 0 Å². The third-order valence-corrected chi connectivity index (χ3v) is 2.02. The Balaban J connectivity index is 2.16. The van der Waals surface area contributed by atoms with Crippen LogP contribution in [0, 0.1) is 0 Å². The van der Waals surface area contributed by atoms with Gasteiger partial charge in [-0.25, -0.2) is 0 Å². The van der Waals surface area contributed by atoms with Gasteiger partial charge in [-0.15, -0.1) is 0 Å². The van der Waals surface area contributed by atoms with E-state index in [4.69, 9.17) is 0 Å². The zero-order valence-corrected chi connectivity index (χ0v) is 6.38. The third kappa shape index (κ3) is 1.42. The number of rotatable bonds is 1. The smallest absolute Gasteiger partial charge is 0.0460 e. The average Bonchev–Trinajstić information content (AvgIpc) is 2.58. The van der Waals surface area contributed by atoms with Crippen LogP contribution in [0.5, 0.6) is 0 Å². The predicted octanol–water partition coefficient (Wildman–Crippen LogP) is 0.878. The fraction of sp³-hybridized carbons (Fsp3) is 0.333. The normalized spacial score (nSPS) is 23.8. The molecular formula is C9H12N2. The number of benzene rings is 1. The molecule has 1 unspecified atom stereocenters. The molecule has 0 bridgehead atoms. The molecule has 2 rings (SSSR count). The largest absolute Gasteiger partial charge is 0.303 e. The van der Waals surface area contributed by atoms with Gasteiger partial charge in [-0.3, -0.25) is 5.32 Å². The van der Waals surface area contributed by atoms with Crippen molar-refractivity contribution < 1.29 is 0 Å².